The molecular formula is C12H20N2O2. The second-order valence-corrected chi connectivity index (χ2v) is 4.30. The number of anilines is 1. The molecule has 0 bridgehead atoms. The molecule has 0 unspecified atom stereocenters. The molecule has 2 N–H and O–H groups in total. The van der Waals surface area contributed by atoms with E-state index >= 15 is 0 Å². The smallest absolute Gasteiger partial charge is 0.204 e. The van der Waals surface area contributed by atoms with Crippen LogP contribution in [0.3, 0.4) is 0 Å². The van der Waals surface area contributed by atoms with Crippen LogP contribution in [0.4, 0.5) is 5.69 Å². The van der Waals surface area contributed by atoms with Gasteiger partial charge in [0.1, 0.15) is 0 Å². The highest BCUT2D eigenvalue weighted by Crippen LogP contribution is 1.99. The summed E-state index contributed by atoms with van der Waals surface area (Å²) in [6.07, 6.45) is 4.45. The summed E-state index contributed by atoms with van der Waals surface area (Å²) in [4.78, 5) is 11.1. The number of hydrogen-bond donors (Lipinski definition) is 1. The van der Waals surface area contributed by atoms with E-state index in [4.69, 9.17) is 10.5 Å². The van der Waals surface area contributed by atoms with Crippen molar-refractivity contribution in [3.8, 4) is 0 Å². The normalized spacial score (nSPS) is 10.9. The molecule has 4 heteroatoms. The van der Waals surface area contributed by atoms with E-state index in [1.165, 1.54) is 6.07 Å². The van der Waals surface area contributed by atoms with Crippen LogP contribution in [0, 0.1) is 5.92 Å². The van der Waals surface area contributed by atoms with Gasteiger partial charge in [0.15, 0.2) is 0 Å². The highest BCUT2D eigenvalue weighted by molar-refractivity contribution is 5.33. The van der Waals surface area contributed by atoms with Gasteiger partial charge in [-0.3, -0.25) is 4.79 Å². The SMILES string of the molecule is CC(C)CCOCCn1ccc(=O)c(N)c1. The molecule has 1 rings (SSSR count). The Morgan fingerprint density at radius 2 is 2.19 bits per heavy atom. The number of pyridine rings is 1. The van der Waals surface area contributed by atoms with Gasteiger partial charge in [-0.25, -0.2) is 0 Å². The van der Waals surface area contributed by atoms with Gasteiger partial charge in [0, 0.05) is 31.6 Å². The van der Waals surface area contributed by atoms with Crippen LogP contribution < -0.4 is 11.2 Å². The Morgan fingerprint density at radius 1 is 1.44 bits per heavy atom. The van der Waals surface area contributed by atoms with E-state index in [0.717, 1.165) is 19.6 Å². The maximum Gasteiger partial charge on any atom is 0.204 e. The van der Waals surface area contributed by atoms with Crippen molar-refractivity contribution in [3.63, 3.8) is 0 Å². The largest absolute Gasteiger partial charge is 0.394 e. The van der Waals surface area contributed by atoms with Gasteiger partial charge in [-0.05, 0) is 12.3 Å². The van der Waals surface area contributed by atoms with Crippen LogP contribution in [0.15, 0.2) is 23.3 Å². The number of nitrogens with two attached hydrogens (primary N) is 1. The molecule has 16 heavy (non-hydrogen) atoms. The van der Waals surface area contributed by atoms with Gasteiger partial charge in [-0.1, -0.05) is 13.8 Å². The predicted octanol–water partition coefficient (Wildman–Crippen LogP) is 1.49. The Bertz CT molecular complexity index is 372. The zero-order chi connectivity index (χ0) is 12.0. The Labute approximate surface area is 96.0 Å². The van der Waals surface area contributed by atoms with Crippen molar-refractivity contribution in [2.24, 2.45) is 5.92 Å². The molecule has 0 saturated heterocycles. The van der Waals surface area contributed by atoms with E-state index in [-0.39, 0.29) is 11.1 Å². The summed E-state index contributed by atoms with van der Waals surface area (Å²) in [7, 11) is 0. The monoisotopic (exact) mass is 224 g/mol. The molecule has 0 aliphatic heterocycles. The minimum absolute atomic E-state index is 0.128. The second kappa shape index (κ2) is 6.33. The van der Waals surface area contributed by atoms with Crippen molar-refractivity contribution in [2.45, 2.75) is 26.8 Å². The molecule has 0 saturated carbocycles. The quantitative estimate of drug-likeness (QED) is 0.745. The molecule has 0 radical (unpaired) electrons. The molecule has 90 valence electrons. The van der Waals surface area contributed by atoms with Crippen molar-refractivity contribution in [3.05, 3.63) is 28.7 Å². The van der Waals surface area contributed by atoms with E-state index in [1.807, 2.05) is 4.57 Å². The predicted molar refractivity (Wildman–Crippen MR) is 65.4 cm³/mol. The fourth-order valence-electron chi connectivity index (χ4n) is 1.28. The summed E-state index contributed by atoms with van der Waals surface area (Å²) < 4.78 is 7.35. The molecule has 0 aromatic carbocycles. The highest BCUT2D eigenvalue weighted by atomic mass is 16.5. The van der Waals surface area contributed by atoms with Gasteiger partial charge in [0.25, 0.3) is 0 Å². The number of ether oxygens (including phenoxy) is 1. The van der Waals surface area contributed by atoms with Gasteiger partial charge < -0.3 is 15.0 Å². The number of aromatic nitrogens is 1. The van der Waals surface area contributed by atoms with Gasteiger partial charge in [-0.2, -0.15) is 0 Å². The lowest BCUT2D eigenvalue weighted by atomic mass is 10.1. The Morgan fingerprint density at radius 3 is 2.81 bits per heavy atom. The zero-order valence-corrected chi connectivity index (χ0v) is 9.98. The van der Waals surface area contributed by atoms with Gasteiger partial charge in [-0.15, -0.1) is 0 Å². The van der Waals surface area contributed by atoms with Gasteiger partial charge in [0.2, 0.25) is 5.43 Å². The van der Waals surface area contributed by atoms with Crippen molar-refractivity contribution in [1.29, 1.82) is 0 Å². The maximum atomic E-state index is 11.1. The molecule has 1 aromatic rings. The van der Waals surface area contributed by atoms with Crippen molar-refractivity contribution in [1.82, 2.24) is 4.57 Å². The number of rotatable bonds is 6. The van der Waals surface area contributed by atoms with Crippen LogP contribution in [0.1, 0.15) is 20.3 Å². The summed E-state index contributed by atoms with van der Waals surface area (Å²) in [5, 5.41) is 0. The first-order valence-electron chi connectivity index (χ1n) is 5.63. The summed E-state index contributed by atoms with van der Waals surface area (Å²) in [5.74, 6) is 0.669. The van der Waals surface area contributed by atoms with E-state index in [2.05, 4.69) is 13.8 Å². The summed E-state index contributed by atoms with van der Waals surface area (Å²) in [6, 6.07) is 1.48. The Hall–Kier alpha value is -1.29. The lowest BCUT2D eigenvalue weighted by Crippen LogP contribution is -2.13. The highest BCUT2D eigenvalue weighted by Gasteiger charge is 1.96. The van der Waals surface area contributed by atoms with Crippen LogP contribution >= 0.6 is 0 Å². The van der Waals surface area contributed by atoms with Crippen LogP contribution in [0.2, 0.25) is 0 Å². The zero-order valence-electron chi connectivity index (χ0n) is 9.98. The molecule has 0 fully saturated rings. The fraction of sp³-hybridized carbons (Fsp3) is 0.583. The molecular weight excluding hydrogens is 204 g/mol. The van der Waals surface area contributed by atoms with Crippen molar-refractivity contribution in [2.75, 3.05) is 18.9 Å². The average molecular weight is 224 g/mol. The molecule has 1 heterocycles. The lowest BCUT2D eigenvalue weighted by Gasteiger charge is -2.09. The second-order valence-electron chi connectivity index (χ2n) is 4.30. The molecule has 4 nitrogen and oxygen atoms in total. The molecule has 0 spiro atoms. The number of nitrogen functional groups attached to an aromatic ring is 1. The third-order valence-electron chi connectivity index (χ3n) is 2.34. The molecule has 0 amide bonds. The molecule has 0 atom stereocenters. The van der Waals surface area contributed by atoms with E-state index in [9.17, 15) is 4.79 Å². The standard InChI is InChI=1S/C12H20N2O2/c1-10(2)4-7-16-8-6-14-5-3-12(15)11(13)9-14/h3,5,9-10H,4,6-8,13H2,1-2H3. The average Bonchev–Trinajstić information content (AvgIpc) is 2.22. The maximum absolute atomic E-state index is 11.1. The van der Waals surface area contributed by atoms with Crippen molar-refractivity contribution < 1.29 is 4.74 Å². The number of hydrogen-bond acceptors (Lipinski definition) is 3. The van der Waals surface area contributed by atoms with Crippen molar-refractivity contribution >= 4 is 5.69 Å². The fourth-order valence-corrected chi connectivity index (χ4v) is 1.28. The molecule has 1 aromatic heterocycles. The van der Waals surface area contributed by atoms with Gasteiger partial charge in [0.05, 0.1) is 12.3 Å². The minimum Gasteiger partial charge on any atom is -0.394 e. The first kappa shape index (κ1) is 12.8. The van der Waals surface area contributed by atoms with E-state index in [1.54, 1.807) is 12.4 Å². The topological polar surface area (TPSA) is 57.2 Å². The molecule has 0 aliphatic rings. The van der Waals surface area contributed by atoms with E-state index < -0.39 is 0 Å². The van der Waals surface area contributed by atoms with Crippen LogP contribution in [-0.2, 0) is 11.3 Å². The van der Waals surface area contributed by atoms with Crippen LogP contribution in [0.25, 0.3) is 0 Å². The third-order valence-corrected chi connectivity index (χ3v) is 2.34. The summed E-state index contributed by atoms with van der Waals surface area (Å²) in [5.41, 5.74) is 5.67. The Kier molecular flexibility index (Phi) is 5.05. The third kappa shape index (κ3) is 4.49. The lowest BCUT2D eigenvalue weighted by molar-refractivity contribution is 0.116. The molecule has 0 aliphatic carbocycles. The Balaban J connectivity index is 2.27. The summed E-state index contributed by atoms with van der Waals surface area (Å²) >= 11 is 0. The summed E-state index contributed by atoms with van der Waals surface area (Å²) in [6.45, 7) is 6.50. The minimum atomic E-state index is -0.128. The first-order chi connectivity index (χ1) is 7.59. The van der Waals surface area contributed by atoms with Crippen LogP contribution in [-0.4, -0.2) is 17.8 Å². The van der Waals surface area contributed by atoms with Gasteiger partial charge >= 0.3 is 0 Å². The first-order valence-corrected chi connectivity index (χ1v) is 5.63. The van der Waals surface area contributed by atoms with E-state index in [0.29, 0.717) is 12.5 Å². The number of nitrogens with zero attached hydrogens (tertiary/aromatic N) is 1. The van der Waals surface area contributed by atoms with Crippen LogP contribution in [0.5, 0.6) is 0 Å².